The Morgan fingerprint density at radius 1 is 1.18 bits per heavy atom. The van der Waals surface area contributed by atoms with Gasteiger partial charge in [0.2, 0.25) is 5.97 Å². The maximum atomic E-state index is 10.8. The fourth-order valence-corrected chi connectivity index (χ4v) is 1.67. The second-order valence-electron chi connectivity index (χ2n) is 2.71. The number of carboxylic acids is 2. The van der Waals surface area contributed by atoms with Gasteiger partial charge in [-0.3, -0.25) is 9.35 Å². The van der Waals surface area contributed by atoms with Crippen LogP contribution in [0.25, 0.3) is 0 Å². The third kappa shape index (κ3) is 3.79. The standard InChI is InChI=1S/C8H5O7S.Na/c9-7(10)4-1-2-5(8(11)12)6(3-4)16(13,14)15;/h2-3H,(H,9,10)(H,11,12)(H,13,14,15);/q-1;+1. The maximum Gasteiger partial charge on any atom is 1.00 e. The van der Waals surface area contributed by atoms with E-state index in [2.05, 4.69) is 6.07 Å². The average molecular weight is 268 g/mol. The SMILES string of the molecule is O=C(O)c1[c-]cc(C(=O)O)c(S(=O)(=O)O)c1.[Na+]. The van der Waals surface area contributed by atoms with Gasteiger partial charge in [0.25, 0.3) is 16.1 Å². The smallest absolute Gasteiger partial charge is 0.521 e. The number of aromatic carboxylic acids is 2. The summed E-state index contributed by atoms with van der Waals surface area (Å²) in [5, 5.41) is 17.2. The van der Waals surface area contributed by atoms with Crippen molar-refractivity contribution in [3.63, 3.8) is 0 Å². The molecule has 1 aromatic rings. The Morgan fingerprint density at radius 2 is 1.71 bits per heavy atom. The predicted octanol–water partition coefficient (Wildman–Crippen LogP) is -2.87. The van der Waals surface area contributed by atoms with Crippen molar-refractivity contribution in [2.45, 2.75) is 4.90 Å². The van der Waals surface area contributed by atoms with Crippen LogP contribution in [0.3, 0.4) is 0 Å². The Balaban J connectivity index is 0.00000256. The molecule has 3 N–H and O–H groups in total. The fourth-order valence-electron chi connectivity index (χ4n) is 0.976. The summed E-state index contributed by atoms with van der Waals surface area (Å²) in [4.78, 5) is 20.1. The van der Waals surface area contributed by atoms with Crippen molar-refractivity contribution in [3.05, 3.63) is 29.3 Å². The molecule has 0 radical (unpaired) electrons. The molecule has 0 aliphatic rings. The van der Waals surface area contributed by atoms with Crippen molar-refractivity contribution in [2.24, 2.45) is 0 Å². The molecule has 0 aromatic heterocycles. The summed E-state index contributed by atoms with van der Waals surface area (Å²) in [7, 11) is -4.80. The molecule has 86 valence electrons. The van der Waals surface area contributed by atoms with Gasteiger partial charge in [-0.2, -0.15) is 8.42 Å². The van der Waals surface area contributed by atoms with Gasteiger partial charge in [0.1, 0.15) is 0 Å². The number of rotatable bonds is 3. The van der Waals surface area contributed by atoms with E-state index < -0.39 is 38.1 Å². The Morgan fingerprint density at radius 3 is 2.06 bits per heavy atom. The first-order valence-electron chi connectivity index (χ1n) is 3.73. The van der Waals surface area contributed by atoms with Gasteiger partial charge in [-0.25, -0.2) is 0 Å². The number of benzene rings is 1. The van der Waals surface area contributed by atoms with Crippen molar-refractivity contribution in [3.8, 4) is 0 Å². The normalized spacial score (nSPS) is 10.4. The van der Waals surface area contributed by atoms with Gasteiger partial charge in [0.15, 0.2) is 0 Å². The minimum Gasteiger partial charge on any atom is -0.521 e. The second-order valence-corrected chi connectivity index (χ2v) is 4.10. The van der Waals surface area contributed by atoms with Crippen LogP contribution in [0.2, 0.25) is 0 Å². The molecule has 0 fully saturated rings. The molecule has 9 heteroatoms. The minimum atomic E-state index is -4.80. The number of carbonyl (C=O) groups is 2. The number of hydrogen-bond donors (Lipinski definition) is 3. The van der Waals surface area contributed by atoms with Crippen LogP contribution in [-0.4, -0.2) is 35.1 Å². The summed E-state index contributed by atoms with van der Waals surface area (Å²) in [6.45, 7) is 0. The molecule has 0 aliphatic heterocycles. The average Bonchev–Trinajstić information content (AvgIpc) is 2.15. The first-order valence-corrected chi connectivity index (χ1v) is 5.17. The third-order valence-electron chi connectivity index (χ3n) is 1.65. The van der Waals surface area contributed by atoms with E-state index in [4.69, 9.17) is 14.8 Å². The molecule has 17 heavy (non-hydrogen) atoms. The minimum absolute atomic E-state index is 0. The van der Waals surface area contributed by atoms with Gasteiger partial charge < -0.3 is 15.0 Å². The zero-order valence-electron chi connectivity index (χ0n) is 8.54. The van der Waals surface area contributed by atoms with Crippen molar-refractivity contribution in [1.29, 1.82) is 0 Å². The third-order valence-corrected chi connectivity index (χ3v) is 2.55. The Labute approximate surface area is 118 Å². The Kier molecular flexibility index (Phi) is 5.30. The molecule has 0 atom stereocenters. The topological polar surface area (TPSA) is 129 Å². The van der Waals surface area contributed by atoms with Gasteiger partial charge in [-0.15, -0.1) is 18.2 Å². The van der Waals surface area contributed by atoms with E-state index in [1.165, 1.54) is 0 Å². The van der Waals surface area contributed by atoms with Crippen LogP contribution in [0, 0.1) is 6.07 Å². The fraction of sp³-hybridized carbons (Fsp3) is 0. The first-order chi connectivity index (χ1) is 7.23. The van der Waals surface area contributed by atoms with Crippen LogP contribution >= 0.6 is 0 Å². The van der Waals surface area contributed by atoms with E-state index in [-0.39, 0.29) is 29.6 Å². The van der Waals surface area contributed by atoms with Crippen molar-refractivity contribution in [1.82, 2.24) is 0 Å². The molecule has 0 saturated heterocycles. The summed E-state index contributed by atoms with van der Waals surface area (Å²) < 4.78 is 30.4. The predicted molar refractivity (Wildman–Crippen MR) is 49.0 cm³/mol. The van der Waals surface area contributed by atoms with Crippen molar-refractivity contribution in [2.75, 3.05) is 0 Å². The van der Waals surface area contributed by atoms with E-state index in [0.717, 1.165) is 0 Å². The second kappa shape index (κ2) is 5.61. The molecule has 1 aromatic carbocycles. The largest absolute Gasteiger partial charge is 1.00 e. The summed E-state index contributed by atoms with van der Waals surface area (Å²) in [6, 6.07) is 3.28. The van der Waals surface area contributed by atoms with Gasteiger partial charge in [0.05, 0.1) is 0 Å². The molecule has 1 rings (SSSR count). The molecule has 7 nitrogen and oxygen atoms in total. The monoisotopic (exact) mass is 268 g/mol. The molecular formula is C8H5NaO7S. The van der Waals surface area contributed by atoms with Crippen LogP contribution in [-0.2, 0) is 10.1 Å². The molecule has 0 bridgehead atoms. The quantitative estimate of drug-likeness (QED) is 0.305. The van der Waals surface area contributed by atoms with Gasteiger partial charge in [0, 0.05) is 4.90 Å². The van der Waals surface area contributed by atoms with Crippen LogP contribution < -0.4 is 29.6 Å². The van der Waals surface area contributed by atoms with Crippen LogP contribution in [0.5, 0.6) is 0 Å². The number of carboxylic acid groups (broad SMARTS) is 2. The Hall–Kier alpha value is -0.930. The van der Waals surface area contributed by atoms with E-state index in [1.54, 1.807) is 0 Å². The first kappa shape index (κ1) is 16.1. The van der Waals surface area contributed by atoms with Gasteiger partial charge in [-0.05, 0) is 5.56 Å². The molecule has 0 heterocycles. The van der Waals surface area contributed by atoms with Crippen LogP contribution in [0.15, 0.2) is 17.0 Å². The number of hydrogen-bond acceptors (Lipinski definition) is 4. The van der Waals surface area contributed by atoms with Crippen LogP contribution in [0.4, 0.5) is 0 Å². The van der Waals surface area contributed by atoms with Gasteiger partial charge >= 0.3 is 29.6 Å². The molecule has 0 amide bonds. The van der Waals surface area contributed by atoms with E-state index in [9.17, 15) is 18.0 Å². The van der Waals surface area contributed by atoms with E-state index in [0.29, 0.717) is 12.1 Å². The molecule has 0 saturated carbocycles. The van der Waals surface area contributed by atoms with E-state index >= 15 is 0 Å². The summed E-state index contributed by atoms with van der Waals surface area (Å²) in [6.07, 6.45) is 0. The van der Waals surface area contributed by atoms with Crippen molar-refractivity contribution >= 4 is 22.1 Å². The zero-order chi connectivity index (χ0) is 12.5. The summed E-state index contributed by atoms with van der Waals surface area (Å²) >= 11 is 0. The molecule has 0 spiro atoms. The maximum absolute atomic E-state index is 10.8. The zero-order valence-corrected chi connectivity index (χ0v) is 11.4. The molecule has 0 aliphatic carbocycles. The van der Waals surface area contributed by atoms with Gasteiger partial charge in [-0.1, -0.05) is 5.56 Å². The van der Waals surface area contributed by atoms with E-state index in [1.807, 2.05) is 0 Å². The Bertz CT molecular complexity index is 563. The van der Waals surface area contributed by atoms with Crippen LogP contribution in [0.1, 0.15) is 20.7 Å². The summed E-state index contributed by atoms with van der Waals surface area (Å²) in [5.74, 6) is -3.09. The molecular weight excluding hydrogens is 263 g/mol. The molecule has 0 unspecified atom stereocenters. The van der Waals surface area contributed by atoms with Crippen molar-refractivity contribution < 1.29 is 62.3 Å². The summed E-state index contributed by atoms with van der Waals surface area (Å²) in [5.41, 5.74) is -1.30.